The molecule has 6 nitrogen and oxygen atoms in total. The molecule has 0 radical (unpaired) electrons. The summed E-state index contributed by atoms with van der Waals surface area (Å²) in [5.41, 5.74) is 0.609. The van der Waals surface area contributed by atoms with Crippen molar-refractivity contribution in [3.63, 3.8) is 0 Å². The number of rotatable bonds is 4. The molecule has 0 saturated heterocycles. The van der Waals surface area contributed by atoms with E-state index in [-0.39, 0.29) is 23.9 Å². The Morgan fingerprint density at radius 1 is 1.28 bits per heavy atom. The molecule has 0 bridgehead atoms. The van der Waals surface area contributed by atoms with Crippen molar-refractivity contribution in [2.75, 3.05) is 0 Å². The molecule has 1 heterocycles. The van der Waals surface area contributed by atoms with Gasteiger partial charge in [-0.25, -0.2) is 9.67 Å². The van der Waals surface area contributed by atoms with Gasteiger partial charge in [0.05, 0.1) is 12.1 Å². The SMILES string of the molecule is Cc1nc([C@H]2CC[C@@H](O)[C@H](NC(=O)c3ccccc3)C2)n(C(C)C)n1. The summed E-state index contributed by atoms with van der Waals surface area (Å²) in [6, 6.07) is 9.07. The number of aryl methyl sites for hydroxylation is 1. The van der Waals surface area contributed by atoms with Gasteiger partial charge in [-0.15, -0.1) is 0 Å². The lowest BCUT2D eigenvalue weighted by molar-refractivity contribution is 0.0667. The van der Waals surface area contributed by atoms with Crippen LogP contribution >= 0.6 is 0 Å². The number of nitrogens with one attached hydrogen (secondary N) is 1. The van der Waals surface area contributed by atoms with Gasteiger partial charge in [-0.3, -0.25) is 4.79 Å². The fourth-order valence-corrected chi connectivity index (χ4v) is 3.49. The molecule has 1 aliphatic rings. The highest BCUT2D eigenvalue weighted by molar-refractivity contribution is 5.94. The third kappa shape index (κ3) is 3.90. The first-order valence-corrected chi connectivity index (χ1v) is 8.92. The van der Waals surface area contributed by atoms with Crippen LogP contribution in [0.1, 0.15) is 67.1 Å². The van der Waals surface area contributed by atoms with Crippen molar-refractivity contribution >= 4 is 5.91 Å². The van der Waals surface area contributed by atoms with Crippen molar-refractivity contribution in [3.8, 4) is 0 Å². The van der Waals surface area contributed by atoms with Crippen LogP contribution < -0.4 is 5.32 Å². The number of benzene rings is 1. The molecule has 6 heteroatoms. The highest BCUT2D eigenvalue weighted by Gasteiger charge is 2.34. The van der Waals surface area contributed by atoms with Gasteiger partial charge in [0.1, 0.15) is 11.6 Å². The monoisotopic (exact) mass is 342 g/mol. The average molecular weight is 342 g/mol. The summed E-state index contributed by atoms with van der Waals surface area (Å²) >= 11 is 0. The van der Waals surface area contributed by atoms with Crippen molar-refractivity contribution in [2.24, 2.45) is 0 Å². The zero-order valence-electron chi connectivity index (χ0n) is 15.0. The number of aliphatic hydroxyl groups excluding tert-OH is 1. The largest absolute Gasteiger partial charge is 0.391 e. The van der Waals surface area contributed by atoms with Gasteiger partial charge in [-0.1, -0.05) is 18.2 Å². The molecule has 134 valence electrons. The highest BCUT2D eigenvalue weighted by Crippen LogP contribution is 2.33. The summed E-state index contributed by atoms with van der Waals surface area (Å²) in [5.74, 6) is 1.76. The van der Waals surface area contributed by atoms with Crippen LogP contribution in [0.4, 0.5) is 0 Å². The normalized spacial score (nSPS) is 23.6. The lowest BCUT2D eigenvalue weighted by atomic mass is 9.83. The first-order valence-electron chi connectivity index (χ1n) is 8.92. The van der Waals surface area contributed by atoms with Crippen LogP contribution in [0.3, 0.4) is 0 Å². The number of aliphatic hydroxyl groups is 1. The first kappa shape index (κ1) is 17.6. The van der Waals surface area contributed by atoms with Gasteiger partial charge in [-0.2, -0.15) is 5.10 Å². The molecule has 1 fully saturated rings. The average Bonchev–Trinajstić information content (AvgIpc) is 3.00. The molecule has 3 atom stereocenters. The molecule has 1 aromatic carbocycles. The quantitative estimate of drug-likeness (QED) is 0.895. The smallest absolute Gasteiger partial charge is 0.251 e. The van der Waals surface area contributed by atoms with Crippen LogP contribution in [0.2, 0.25) is 0 Å². The maximum atomic E-state index is 12.4. The Balaban J connectivity index is 1.75. The third-order valence-electron chi connectivity index (χ3n) is 4.78. The number of amides is 1. The number of nitrogens with zero attached hydrogens (tertiary/aromatic N) is 3. The fraction of sp³-hybridized carbons (Fsp3) is 0.526. The van der Waals surface area contributed by atoms with Gasteiger partial charge in [0.15, 0.2) is 0 Å². The lowest BCUT2D eigenvalue weighted by Crippen LogP contribution is -2.47. The topological polar surface area (TPSA) is 80.0 Å². The maximum absolute atomic E-state index is 12.4. The highest BCUT2D eigenvalue weighted by atomic mass is 16.3. The number of aromatic nitrogens is 3. The van der Waals surface area contributed by atoms with E-state index in [2.05, 4.69) is 29.2 Å². The van der Waals surface area contributed by atoms with E-state index in [1.165, 1.54) is 0 Å². The minimum absolute atomic E-state index is 0.146. The van der Waals surface area contributed by atoms with E-state index >= 15 is 0 Å². The molecule has 0 aliphatic heterocycles. The van der Waals surface area contributed by atoms with E-state index in [0.717, 1.165) is 18.1 Å². The summed E-state index contributed by atoms with van der Waals surface area (Å²) in [6.45, 7) is 6.07. The van der Waals surface area contributed by atoms with Gasteiger partial charge in [-0.05, 0) is 52.2 Å². The second kappa shape index (κ2) is 7.35. The van der Waals surface area contributed by atoms with Crippen molar-refractivity contribution in [1.82, 2.24) is 20.1 Å². The predicted molar refractivity (Wildman–Crippen MR) is 95.4 cm³/mol. The molecule has 2 aromatic rings. The van der Waals surface area contributed by atoms with Crippen LogP contribution in [0.15, 0.2) is 30.3 Å². The Hall–Kier alpha value is -2.21. The second-order valence-electron chi connectivity index (χ2n) is 7.08. The molecular formula is C19H26N4O2. The van der Waals surface area contributed by atoms with Gasteiger partial charge >= 0.3 is 0 Å². The van der Waals surface area contributed by atoms with E-state index in [1.807, 2.05) is 29.8 Å². The van der Waals surface area contributed by atoms with E-state index in [0.29, 0.717) is 18.4 Å². The van der Waals surface area contributed by atoms with Crippen LogP contribution in [0, 0.1) is 6.92 Å². The van der Waals surface area contributed by atoms with E-state index in [1.54, 1.807) is 12.1 Å². The fourth-order valence-electron chi connectivity index (χ4n) is 3.49. The molecular weight excluding hydrogens is 316 g/mol. The van der Waals surface area contributed by atoms with Crippen LogP contribution in [-0.4, -0.2) is 37.9 Å². The van der Waals surface area contributed by atoms with E-state index < -0.39 is 6.10 Å². The Kier molecular flexibility index (Phi) is 5.18. The summed E-state index contributed by atoms with van der Waals surface area (Å²) < 4.78 is 1.97. The Morgan fingerprint density at radius 3 is 2.68 bits per heavy atom. The number of hydrogen-bond donors (Lipinski definition) is 2. The van der Waals surface area contributed by atoms with E-state index in [4.69, 9.17) is 0 Å². The first-order chi connectivity index (χ1) is 12.0. The van der Waals surface area contributed by atoms with Crippen LogP contribution in [0.5, 0.6) is 0 Å². The summed E-state index contributed by atoms with van der Waals surface area (Å²) in [4.78, 5) is 17.0. The van der Waals surface area contributed by atoms with Crippen molar-refractivity contribution in [3.05, 3.63) is 47.5 Å². The number of hydrogen-bond acceptors (Lipinski definition) is 4. The minimum Gasteiger partial charge on any atom is -0.391 e. The summed E-state index contributed by atoms with van der Waals surface area (Å²) in [6.07, 6.45) is 1.64. The molecule has 2 N–H and O–H groups in total. The van der Waals surface area contributed by atoms with Crippen LogP contribution in [0.25, 0.3) is 0 Å². The summed E-state index contributed by atoms with van der Waals surface area (Å²) in [7, 11) is 0. The third-order valence-corrected chi connectivity index (χ3v) is 4.78. The zero-order valence-corrected chi connectivity index (χ0v) is 15.0. The molecule has 1 amide bonds. The molecule has 0 unspecified atom stereocenters. The molecule has 1 aliphatic carbocycles. The number of carbonyl (C=O) groups excluding carboxylic acids is 1. The molecule has 1 aromatic heterocycles. The Bertz CT molecular complexity index is 726. The standard InChI is InChI=1S/C19H26N4O2/c1-12(2)23-18(20-13(3)22-23)15-9-10-17(24)16(11-15)21-19(25)14-7-5-4-6-8-14/h4-8,12,15-17,24H,9-11H2,1-3H3,(H,21,25)/t15-,16+,17+/m0/s1. The van der Waals surface area contributed by atoms with Gasteiger partial charge in [0.25, 0.3) is 5.91 Å². The second-order valence-corrected chi connectivity index (χ2v) is 7.08. The molecule has 0 spiro atoms. The molecule has 1 saturated carbocycles. The van der Waals surface area contributed by atoms with Crippen molar-refractivity contribution < 1.29 is 9.90 Å². The predicted octanol–water partition coefficient (Wildman–Crippen LogP) is 2.59. The maximum Gasteiger partial charge on any atom is 0.251 e. The Morgan fingerprint density at radius 2 is 2.00 bits per heavy atom. The zero-order chi connectivity index (χ0) is 18.0. The van der Waals surface area contributed by atoms with Gasteiger partial charge in [0, 0.05) is 17.5 Å². The van der Waals surface area contributed by atoms with Gasteiger partial charge in [0.2, 0.25) is 0 Å². The minimum atomic E-state index is -0.527. The van der Waals surface area contributed by atoms with Crippen LogP contribution in [-0.2, 0) is 0 Å². The van der Waals surface area contributed by atoms with Crippen molar-refractivity contribution in [1.29, 1.82) is 0 Å². The lowest BCUT2D eigenvalue weighted by Gasteiger charge is -2.33. The van der Waals surface area contributed by atoms with Crippen molar-refractivity contribution in [2.45, 2.75) is 64.1 Å². The van der Waals surface area contributed by atoms with E-state index in [9.17, 15) is 9.90 Å². The Labute approximate surface area is 148 Å². The number of carbonyl (C=O) groups is 1. The summed E-state index contributed by atoms with van der Waals surface area (Å²) in [5, 5.41) is 17.8. The molecule has 25 heavy (non-hydrogen) atoms. The van der Waals surface area contributed by atoms with Gasteiger partial charge < -0.3 is 10.4 Å². The molecule has 3 rings (SSSR count).